The number of ether oxygens (including phenoxy) is 2. The number of nitrogens with two attached hydrogens (primary N) is 2. The number of carbonyl (C=O) groups excluding carboxylic acids is 1. The number of para-hydroxylation sites is 2. The van der Waals surface area contributed by atoms with Crippen molar-refractivity contribution in [3.8, 4) is 5.75 Å². The van der Waals surface area contributed by atoms with Crippen LogP contribution in [-0.2, 0) is 4.74 Å². The van der Waals surface area contributed by atoms with E-state index in [1.807, 2.05) is 6.07 Å². The third-order valence-corrected chi connectivity index (χ3v) is 3.09. The zero-order valence-corrected chi connectivity index (χ0v) is 11.5. The molecule has 0 spiro atoms. The highest BCUT2D eigenvalue weighted by molar-refractivity contribution is 5.91. The Bertz CT molecular complexity index is 461. The number of hydrazine groups is 2. The molecular formula is C13H20N4O3. The lowest BCUT2D eigenvalue weighted by Crippen LogP contribution is -2.48. The molecule has 2 amide bonds. The molecule has 20 heavy (non-hydrogen) atoms. The lowest BCUT2D eigenvalue weighted by molar-refractivity contribution is 0.0257. The highest BCUT2D eigenvalue weighted by Gasteiger charge is 2.21. The molecule has 0 bridgehead atoms. The average Bonchev–Trinajstić information content (AvgIpc) is 2.47. The topological polar surface area (TPSA) is 94.1 Å². The Morgan fingerprint density at radius 3 is 2.60 bits per heavy atom. The summed E-state index contributed by atoms with van der Waals surface area (Å²) in [6.07, 6.45) is 1.72. The van der Waals surface area contributed by atoms with Gasteiger partial charge in [0, 0.05) is 19.9 Å². The minimum Gasteiger partial charge on any atom is -0.488 e. The van der Waals surface area contributed by atoms with Gasteiger partial charge in [-0.2, -0.15) is 0 Å². The van der Waals surface area contributed by atoms with Gasteiger partial charge < -0.3 is 9.47 Å². The summed E-state index contributed by atoms with van der Waals surface area (Å²) in [5, 5.41) is 1.90. The minimum absolute atomic E-state index is 0.0732. The molecule has 0 saturated carbocycles. The third-order valence-electron chi connectivity index (χ3n) is 3.09. The van der Waals surface area contributed by atoms with Crippen molar-refractivity contribution >= 4 is 11.7 Å². The molecule has 0 aliphatic carbocycles. The van der Waals surface area contributed by atoms with Gasteiger partial charge in [0.05, 0.1) is 13.2 Å². The molecule has 1 aromatic rings. The van der Waals surface area contributed by atoms with Crippen LogP contribution in [0.4, 0.5) is 10.5 Å². The van der Waals surface area contributed by atoms with Gasteiger partial charge in [-0.15, -0.1) is 0 Å². The Hall–Kier alpha value is -1.83. The highest BCUT2D eigenvalue weighted by Crippen LogP contribution is 2.29. The second kappa shape index (κ2) is 6.56. The van der Waals surface area contributed by atoms with Gasteiger partial charge in [0.25, 0.3) is 0 Å². The van der Waals surface area contributed by atoms with Crippen molar-refractivity contribution in [1.82, 2.24) is 5.01 Å². The molecule has 0 atom stereocenters. The zero-order chi connectivity index (χ0) is 14.5. The molecule has 110 valence electrons. The van der Waals surface area contributed by atoms with Crippen molar-refractivity contribution in [3.63, 3.8) is 0 Å². The first-order valence-electron chi connectivity index (χ1n) is 6.50. The van der Waals surface area contributed by atoms with E-state index in [9.17, 15) is 4.79 Å². The summed E-state index contributed by atoms with van der Waals surface area (Å²) in [6, 6.07) is 6.61. The van der Waals surface area contributed by atoms with Crippen LogP contribution in [-0.4, -0.2) is 37.4 Å². The number of benzene rings is 1. The number of anilines is 1. The van der Waals surface area contributed by atoms with Crippen LogP contribution >= 0.6 is 0 Å². The second-order valence-electron chi connectivity index (χ2n) is 4.66. The van der Waals surface area contributed by atoms with E-state index in [0.29, 0.717) is 24.7 Å². The maximum absolute atomic E-state index is 11.8. The lowest BCUT2D eigenvalue weighted by atomic mass is 10.1. The predicted octanol–water partition coefficient (Wildman–Crippen LogP) is 0.850. The van der Waals surface area contributed by atoms with Gasteiger partial charge in [-0.25, -0.2) is 21.5 Å². The number of rotatable bonds is 3. The molecular weight excluding hydrogens is 260 g/mol. The summed E-state index contributed by atoms with van der Waals surface area (Å²) in [6.45, 7) is 1.37. The van der Waals surface area contributed by atoms with Gasteiger partial charge in [-0.3, -0.25) is 5.01 Å². The summed E-state index contributed by atoms with van der Waals surface area (Å²) in [7, 11) is 1.43. The molecule has 2 rings (SSSR count). The number of hydrogen-bond donors (Lipinski definition) is 2. The molecule has 1 heterocycles. The quantitative estimate of drug-likeness (QED) is 0.486. The van der Waals surface area contributed by atoms with E-state index >= 15 is 0 Å². The summed E-state index contributed by atoms with van der Waals surface area (Å²) in [4.78, 5) is 11.8. The van der Waals surface area contributed by atoms with E-state index in [4.69, 9.17) is 21.2 Å². The first-order chi connectivity index (χ1) is 9.59. The predicted molar refractivity (Wildman–Crippen MR) is 74.9 cm³/mol. The molecule has 0 unspecified atom stereocenters. The van der Waals surface area contributed by atoms with Gasteiger partial charge in [-0.05, 0) is 12.1 Å². The maximum Gasteiger partial charge on any atom is 0.352 e. The van der Waals surface area contributed by atoms with E-state index < -0.39 is 6.03 Å². The minimum atomic E-state index is -0.520. The standard InChI is InChI=1S/C13H20N4O3/c1-16(14)13(18)17(15)11-4-2-3-5-12(11)20-10-6-8-19-9-7-10/h2-5,10H,6-9,14-15H2,1H3. The van der Waals surface area contributed by atoms with Crippen molar-refractivity contribution in [2.45, 2.75) is 18.9 Å². The molecule has 1 fully saturated rings. The normalized spacial score (nSPS) is 15.8. The summed E-state index contributed by atoms with van der Waals surface area (Å²) in [5.74, 6) is 11.8. The van der Waals surface area contributed by atoms with Crippen molar-refractivity contribution in [3.05, 3.63) is 24.3 Å². The molecule has 4 N–H and O–H groups in total. The Labute approximate surface area is 118 Å². The lowest BCUT2D eigenvalue weighted by Gasteiger charge is -2.27. The molecule has 1 aromatic carbocycles. The van der Waals surface area contributed by atoms with Crippen molar-refractivity contribution < 1.29 is 14.3 Å². The van der Waals surface area contributed by atoms with Gasteiger partial charge in [0.1, 0.15) is 17.5 Å². The fraction of sp³-hybridized carbons (Fsp3) is 0.462. The van der Waals surface area contributed by atoms with Gasteiger partial charge >= 0.3 is 6.03 Å². The fourth-order valence-corrected chi connectivity index (χ4v) is 2.00. The molecule has 7 nitrogen and oxygen atoms in total. The summed E-state index contributed by atoms with van der Waals surface area (Å²) >= 11 is 0. The van der Waals surface area contributed by atoms with Crippen LogP contribution in [0.15, 0.2) is 24.3 Å². The molecule has 1 aliphatic heterocycles. The van der Waals surface area contributed by atoms with Gasteiger partial charge in [-0.1, -0.05) is 12.1 Å². The molecule has 7 heteroatoms. The van der Waals surface area contributed by atoms with Crippen LogP contribution in [0.2, 0.25) is 0 Å². The van der Waals surface area contributed by atoms with Crippen molar-refractivity contribution in [2.24, 2.45) is 11.7 Å². The van der Waals surface area contributed by atoms with E-state index in [1.54, 1.807) is 18.2 Å². The van der Waals surface area contributed by atoms with Crippen molar-refractivity contribution in [2.75, 3.05) is 25.3 Å². The third kappa shape index (κ3) is 3.38. The number of nitrogens with zero attached hydrogens (tertiary/aromatic N) is 2. The van der Waals surface area contributed by atoms with E-state index in [0.717, 1.165) is 22.9 Å². The fourth-order valence-electron chi connectivity index (χ4n) is 2.00. The second-order valence-corrected chi connectivity index (χ2v) is 4.66. The van der Waals surface area contributed by atoms with Gasteiger partial charge in [0.15, 0.2) is 0 Å². The van der Waals surface area contributed by atoms with E-state index in [-0.39, 0.29) is 6.10 Å². The average molecular weight is 280 g/mol. The molecule has 0 aromatic heterocycles. The van der Waals surface area contributed by atoms with Crippen LogP contribution in [0.3, 0.4) is 0 Å². The first-order valence-corrected chi connectivity index (χ1v) is 6.50. The van der Waals surface area contributed by atoms with Crippen LogP contribution in [0, 0.1) is 0 Å². The zero-order valence-electron chi connectivity index (χ0n) is 11.5. The Morgan fingerprint density at radius 2 is 1.95 bits per heavy atom. The van der Waals surface area contributed by atoms with Gasteiger partial charge in [0.2, 0.25) is 0 Å². The number of amides is 2. The van der Waals surface area contributed by atoms with Crippen LogP contribution < -0.4 is 21.4 Å². The number of hydrogen-bond acceptors (Lipinski definition) is 5. The first kappa shape index (κ1) is 14.6. The largest absolute Gasteiger partial charge is 0.488 e. The highest BCUT2D eigenvalue weighted by atomic mass is 16.5. The Balaban J connectivity index is 2.14. The number of urea groups is 1. The van der Waals surface area contributed by atoms with E-state index in [2.05, 4.69) is 0 Å². The monoisotopic (exact) mass is 280 g/mol. The maximum atomic E-state index is 11.8. The SMILES string of the molecule is CN(N)C(=O)N(N)c1ccccc1OC1CCOCC1. The molecule has 0 radical (unpaired) electrons. The summed E-state index contributed by atoms with van der Waals surface area (Å²) < 4.78 is 11.2. The van der Waals surface area contributed by atoms with Crippen LogP contribution in [0.1, 0.15) is 12.8 Å². The summed E-state index contributed by atoms with van der Waals surface area (Å²) in [5.41, 5.74) is 0.487. The molecule has 1 aliphatic rings. The Morgan fingerprint density at radius 1 is 1.30 bits per heavy atom. The Kier molecular flexibility index (Phi) is 4.78. The van der Waals surface area contributed by atoms with Crippen LogP contribution in [0.5, 0.6) is 5.75 Å². The van der Waals surface area contributed by atoms with Crippen LogP contribution in [0.25, 0.3) is 0 Å². The number of carbonyl (C=O) groups is 1. The van der Waals surface area contributed by atoms with Crippen molar-refractivity contribution in [1.29, 1.82) is 0 Å². The smallest absolute Gasteiger partial charge is 0.352 e. The van der Waals surface area contributed by atoms with E-state index in [1.165, 1.54) is 7.05 Å². The molecule has 1 saturated heterocycles.